The summed E-state index contributed by atoms with van der Waals surface area (Å²) < 4.78 is 0. The SMILES string of the molecule is C[C@H](Nc1cccc(CN2CCCC2=O)c1)C(=O)N1CCN(c2ccccc2)CC1. The van der Waals surface area contributed by atoms with E-state index in [1.54, 1.807) is 0 Å². The summed E-state index contributed by atoms with van der Waals surface area (Å²) in [6.07, 6.45) is 1.60. The van der Waals surface area contributed by atoms with Crippen LogP contribution in [-0.2, 0) is 16.1 Å². The van der Waals surface area contributed by atoms with Gasteiger partial charge in [0.2, 0.25) is 11.8 Å². The number of benzene rings is 2. The molecule has 2 saturated heterocycles. The number of hydrogen-bond acceptors (Lipinski definition) is 4. The second-order valence-corrected chi connectivity index (χ2v) is 8.13. The second-order valence-electron chi connectivity index (χ2n) is 8.13. The first-order valence-corrected chi connectivity index (χ1v) is 10.8. The van der Waals surface area contributed by atoms with Crippen molar-refractivity contribution in [2.45, 2.75) is 32.4 Å². The van der Waals surface area contributed by atoms with Crippen LogP contribution in [0.4, 0.5) is 11.4 Å². The van der Waals surface area contributed by atoms with Gasteiger partial charge in [-0.15, -0.1) is 0 Å². The maximum Gasteiger partial charge on any atom is 0.244 e. The van der Waals surface area contributed by atoms with Crippen molar-refractivity contribution in [3.05, 3.63) is 60.2 Å². The molecule has 2 aromatic rings. The van der Waals surface area contributed by atoms with Gasteiger partial charge in [-0.05, 0) is 43.2 Å². The first kappa shape index (κ1) is 20.3. The van der Waals surface area contributed by atoms with Gasteiger partial charge in [0, 0.05) is 57.1 Å². The third-order valence-corrected chi connectivity index (χ3v) is 5.94. The Labute approximate surface area is 178 Å². The Morgan fingerprint density at radius 3 is 2.47 bits per heavy atom. The molecular weight excluding hydrogens is 376 g/mol. The van der Waals surface area contributed by atoms with Crippen molar-refractivity contribution < 1.29 is 9.59 Å². The number of anilines is 2. The Morgan fingerprint density at radius 1 is 1.00 bits per heavy atom. The van der Waals surface area contributed by atoms with E-state index in [0.29, 0.717) is 13.0 Å². The number of nitrogens with zero attached hydrogens (tertiary/aromatic N) is 3. The Morgan fingerprint density at radius 2 is 1.77 bits per heavy atom. The molecule has 0 bridgehead atoms. The van der Waals surface area contributed by atoms with E-state index >= 15 is 0 Å². The van der Waals surface area contributed by atoms with Crippen LogP contribution in [0, 0.1) is 0 Å². The van der Waals surface area contributed by atoms with Crippen LogP contribution in [0.5, 0.6) is 0 Å². The molecule has 2 aliphatic heterocycles. The van der Waals surface area contributed by atoms with Crippen LogP contribution in [0.25, 0.3) is 0 Å². The third-order valence-electron chi connectivity index (χ3n) is 5.94. The van der Waals surface area contributed by atoms with Crippen LogP contribution >= 0.6 is 0 Å². The maximum atomic E-state index is 12.9. The van der Waals surface area contributed by atoms with E-state index in [1.165, 1.54) is 5.69 Å². The van der Waals surface area contributed by atoms with E-state index in [9.17, 15) is 9.59 Å². The van der Waals surface area contributed by atoms with Gasteiger partial charge in [0.1, 0.15) is 6.04 Å². The number of nitrogens with one attached hydrogen (secondary N) is 1. The summed E-state index contributed by atoms with van der Waals surface area (Å²) >= 11 is 0. The molecule has 2 aromatic carbocycles. The fourth-order valence-electron chi connectivity index (χ4n) is 4.26. The highest BCUT2D eigenvalue weighted by molar-refractivity contribution is 5.84. The van der Waals surface area contributed by atoms with E-state index in [-0.39, 0.29) is 17.9 Å². The summed E-state index contributed by atoms with van der Waals surface area (Å²) in [4.78, 5) is 31.0. The summed E-state index contributed by atoms with van der Waals surface area (Å²) in [5, 5.41) is 3.35. The van der Waals surface area contributed by atoms with Gasteiger partial charge in [0.25, 0.3) is 0 Å². The highest BCUT2D eigenvalue weighted by atomic mass is 16.2. The lowest BCUT2D eigenvalue weighted by molar-refractivity contribution is -0.132. The number of likely N-dealkylation sites (tertiary alicyclic amines) is 1. The van der Waals surface area contributed by atoms with Crippen molar-refractivity contribution in [2.75, 3.05) is 42.9 Å². The number of amides is 2. The molecule has 0 spiro atoms. The van der Waals surface area contributed by atoms with Crippen molar-refractivity contribution in [3.8, 4) is 0 Å². The zero-order chi connectivity index (χ0) is 20.9. The van der Waals surface area contributed by atoms with E-state index in [1.807, 2.05) is 59.2 Å². The zero-order valence-corrected chi connectivity index (χ0v) is 17.6. The summed E-state index contributed by atoms with van der Waals surface area (Å²) in [5.41, 5.74) is 3.22. The Kier molecular flexibility index (Phi) is 6.21. The molecule has 30 heavy (non-hydrogen) atoms. The summed E-state index contributed by atoms with van der Waals surface area (Å²) in [6, 6.07) is 18.1. The minimum absolute atomic E-state index is 0.128. The minimum atomic E-state index is -0.294. The normalized spacial score (nSPS) is 17.9. The van der Waals surface area contributed by atoms with Gasteiger partial charge in [0.05, 0.1) is 0 Å². The predicted octanol–water partition coefficient (Wildman–Crippen LogP) is 2.96. The highest BCUT2D eigenvalue weighted by Gasteiger charge is 2.25. The Balaban J connectivity index is 1.30. The number of carbonyl (C=O) groups excluding carboxylic acids is 2. The lowest BCUT2D eigenvalue weighted by atomic mass is 10.1. The van der Waals surface area contributed by atoms with Crippen molar-refractivity contribution in [1.29, 1.82) is 0 Å². The van der Waals surface area contributed by atoms with Gasteiger partial charge in [-0.2, -0.15) is 0 Å². The molecule has 2 amide bonds. The molecule has 0 aromatic heterocycles. The lowest BCUT2D eigenvalue weighted by Crippen LogP contribution is -2.52. The van der Waals surface area contributed by atoms with Crippen molar-refractivity contribution >= 4 is 23.2 Å². The van der Waals surface area contributed by atoms with E-state index in [4.69, 9.17) is 0 Å². The summed E-state index contributed by atoms with van der Waals surface area (Å²) in [7, 11) is 0. The zero-order valence-electron chi connectivity index (χ0n) is 17.6. The fraction of sp³-hybridized carbons (Fsp3) is 0.417. The molecule has 6 nitrogen and oxygen atoms in total. The molecule has 0 saturated carbocycles. The van der Waals surface area contributed by atoms with E-state index in [2.05, 4.69) is 22.3 Å². The average Bonchev–Trinajstić information content (AvgIpc) is 3.18. The molecule has 6 heteroatoms. The number of hydrogen-bond donors (Lipinski definition) is 1. The largest absolute Gasteiger partial charge is 0.374 e. The molecular formula is C24H30N4O2. The molecule has 0 unspecified atom stereocenters. The molecule has 2 heterocycles. The van der Waals surface area contributed by atoms with Gasteiger partial charge in [-0.3, -0.25) is 9.59 Å². The molecule has 158 valence electrons. The van der Waals surface area contributed by atoms with Crippen molar-refractivity contribution in [2.24, 2.45) is 0 Å². The molecule has 0 aliphatic carbocycles. The third kappa shape index (κ3) is 4.75. The Bertz CT molecular complexity index is 878. The fourth-order valence-corrected chi connectivity index (χ4v) is 4.26. The minimum Gasteiger partial charge on any atom is -0.374 e. The maximum absolute atomic E-state index is 12.9. The van der Waals surface area contributed by atoms with Crippen LogP contribution in [0.15, 0.2) is 54.6 Å². The number of rotatable bonds is 6. The molecule has 4 rings (SSSR count). The van der Waals surface area contributed by atoms with Gasteiger partial charge >= 0.3 is 0 Å². The van der Waals surface area contributed by atoms with Crippen LogP contribution in [-0.4, -0.2) is 60.4 Å². The summed E-state index contributed by atoms with van der Waals surface area (Å²) in [5.74, 6) is 0.356. The number of para-hydroxylation sites is 1. The van der Waals surface area contributed by atoms with Crippen LogP contribution in [0.3, 0.4) is 0 Å². The Hall–Kier alpha value is -3.02. The summed E-state index contributed by atoms with van der Waals surface area (Å²) in [6.45, 7) is 6.55. The molecule has 2 fully saturated rings. The van der Waals surface area contributed by atoms with Crippen LogP contribution in [0.1, 0.15) is 25.3 Å². The van der Waals surface area contributed by atoms with Crippen molar-refractivity contribution in [1.82, 2.24) is 9.80 Å². The second kappa shape index (κ2) is 9.20. The smallest absolute Gasteiger partial charge is 0.244 e. The highest BCUT2D eigenvalue weighted by Crippen LogP contribution is 2.19. The van der Waals surface area contributed by atoms with Crippen LogP contribution in [0.2, 0.25) is 0 Å². The quantitative estimate of drug-likeness (QED) is 0.801. The first-order chi connectivity index (χ1) is 14.6. The van der Waals surface area contributed by atoms with Gasteiger partial charge in [-0.25, -0.2) is 0 Å². The van der Waals surface area contributed by atoms with Gasteiger partial charge < -0.3 is 20.0 Å². The monoisotopic (exact) mass is 406 g/mol. The van der Waals surface area contributed by atoms with Gasteiger partial charge in [0.15, 0.2) is 0 Å². The molecule has 2 aliphatic rings. The standard InChI is InChI=1S/C24H30N4O2/c1-19(24(30)27-15-13-26(14-16-27)22-9-3-2-4-10-22)25-21-8-5-7-20(17-21)18-28-12-6-11-23(28)29/h2-5,7-10,17,19,25H,6,11-16,18H2,1H3/t19-/m0/s1. The lowest BCUT2D eigenvalue weighted by Gasteiger charge is -2.37. The van der Waals surface area contributed by atoms with Crippen molar-refractivity contribution in [3.63, 3.8) is 0 Å². The topological polar surface area (TPSA) is 55.9 Å². The van der Waals surface area contributed by atoms with E-state index in [0.717, 1.165) is 50.4 Å². The number of piperazine rings is 1. The molecule has 0 radical (unpaired) electrons. The average molecular weight is 407 g/mol. The van der Waals surface area contributed by atoms with Crippen LogP contribution < -0.4 is 10.2 Å². The molecule has 1 N–H and O–H groups in total. The van der Waals surface area contributed by atoms with Gasteiger partial charge in [-0.1, -0.05) is 30.3 Å². The molecule has 1 atom stereocenters. The predicted molar refractivity (Wildman–Crippen MR) is 119 cm³/mol. The number of carbonyl (C=O) groups is 2. The van der Waals surface area contributed by atoms with E-state index < -0.39 is 0 Å². The first-order valence-electron chi connectivity index (χ1n) is 10.8.